The van der Waals surface area contributed by atoms with Crippen molar-refractivity contribution in [1.29, 1.82) is 0 Å². The van der Waals surface area contributed by atoms with Gasteiger partial charge in [0.2, 0.25) is 0 Å². The van der Waals surface area contributed by atoms with Crippen molar-refractivity contribution in [3.8, 4) is 0 Å². The van der Waals surface area contributed by atoms with E-state index in [1.807, 2.05) is 0 Å². The lowest BCUT2D eigenvalue weighted by molar-refractivity contribution is 0.272. The minimum atomic E-state index is 0.749. The maximum Gasteiger partial charge on any atom is 0.0318 e. The predicted octanol–water partition coefficient (Wildman–Crippen LogP) is -0.358. The van der Waals surface area contributed by atoms with Crippen LogP contribution in [0, 0.1) is 0 Å². The molecule has 0 aromatic rings. The first-order chi connectivity index (χ1) is 5.86. The molecular formula is C9H19N3. The number of likely N-dealkylation sites (tertiary alicyclic amines) is 1. The van der Waals surface area contributed by atoms with Crippen molar-refractivity contribution in [1.82, 2.24) is 15.5 Å². The Morgan fingerprint density at radius 1 is 1.50 bits per heavy atom. The van der Waals surface area contributed by atoms with Crippen LogP contribution < -0.4 is 10.6 Å². The average Bonchev–Trinajstić information content (AvgIpc) is 2.33. The highest BCUT2D eigenvalue weighted by Gasteiger charge is 2.23. The molecule has 3 nitrogen and oxygen atoms in total. The lowest BCUT2D eigenvalue weighted by Gasteiger charge is -2.30. The molecule has 0 aliphatic carbocycles. The summed E-state index contributed by atoms with van der Waals surface area (Å²) < 4.78 is 0. The lowest BCUT2D eigenvalue weighted by Crippen LogP contribution is -2.57. The van der Waals surface area contributed by atoms with Crippen LogP contribution in [0.5, 0.6) is 0 Å². The van der Waals surface area contributed by atoms with Gasteiger partial charge >= 0.3 is 0 Å². The molecule has 2 heterocycles. The minimum absolute atomic E-state index is 0.749. The fourth-order valence-corrected chi connectivity index (χ4v) is 1.97. The largest absolute Gasteiger partial charge is 0.314 e. The molecule has 0 bridgehead atoms. The van der Waals surface area contributed by atoms with Crippen LogP contribution in [0.1, 0.15) is 12.8 Å². The molecule has 2 saturated heterocycles. The molecule has 2 aliphatic heterocycles. The first kappa shape index (κ1) is 8.48. The van der Waals surface area contributed by atoms with Crippen molar-refractivity contribution in [2.75, 3.05) is 33.2 Å². The fraction of sp³-hybridized carbons (Fsp3) is 1.00. The molecule has 70 valence electrons. The number of nitrogens with one attached hydrogen (secondary N) is 2. The monoisotopic (exact) mass is 169 g/mol. The van der Waals surface area contributed by atoms with Crippen LogP contribution in [0.2, 0.25) is 0 Å². The zero-order valence-corrected chi connectivity index (χ0v) is 7.84. The van der Waals surface area contributed by atoms with Gasteiger partial charge in [0.25, 0.3) is 0 Å². The molecule has 0 amide bonds. The van der Waals surface area contributed by atoms with Crippen molar-refractivity contribution in [3.63, 3.8) is 0 Å². The zero-order valence-electron chi connectivity index (χ0n) is 7.84. The van der Waals surface area contributed by atoms with E-state index in [4.69, 9.17) is 0 Å². The van der Waals surface area contributed by atoms with Crippen LogP contribution in [0.25, 0.3) is 0 Å². The Balaban J connectivity index is 1.64. The Morgan fingerprint density at radius 3 is 2.83 bits per heavy atom. The fourth-order valence-electron chi connectivity index (χ4n) is 1.97. The van der Waals surface area contributed by atoms with Gasteiger partial charge in [-0.3, -0.25) is 0 Å². The molecule has 2 aliphatic rings. The van der Waals surface area contributed by atoms with Gasteiger partial charge in [-0.15, -0.1) is 0 Å². The van der Waals surface area contributed by atoms with E-state index < -0.39 is 0 Å². The standard InChI is InChI=1S/C9H19N3/c1-12-4-2-3-9(12)7-11-8-5-10-6-8/h8-11H,2-7H2,1H3. The van der Waals surface area contributed by atoms with Crippen molar-refractivity contribution in [2.24, 2.45) is 0 Å². The average molecular weight is 169 g/mol. The number of rotatable bonds is 3. The van der Waals surface area contributed by atoms with Gasteiger partial charge in [0.05, 0.1) is 0 Å². The highest BCUT2D eigenvalue weighted by atomic mass is 15.2. The van der Waals surface area contributed by atoms with Crippen LogP contribution in [-0.4, -0.2) is 50.2 Å². The van der Waals surface area contributed by atoms with Crippen LogP contribution in [0.4, 0.5) is 0 Å². The van der Waals surface area contributed by atoms with Crippen molar-refractivity contribution in [2.45, 2.75) is 24.9 Å². The maximum absolute atomic E-state index is 3.59. The van der Waals surface area contributed by atoms with Gasteiger partial charge in [-0.25, -0.2) is 0 Å². The van der Waals surface area contributed by atoms with E-state index in [2.05, 4.69) is 22.6 Å². The second-order valence-electron chi connectivity index (χ2n) is 4.04. The third kappa shape index (κ3) is 1.79. The van der Waals surface area contributed by atoms with Crippen molar-refractivity contribution in [3.05, 3.63) is 0 Å². The third-order valence-electron chi connectivity index (χ3n) is 3.10. The summed E-state index contributed by atoms with van der Waals surface area (Å²) >= 11 is 0. The van der Waals surface area contributed by atoms with E-state index in [0.29, 0.717) is 0 Å². The highest BCUT2D eigenvalue weighted by molar-refractivity contribution is 4.85. The van der Waals surface area contributed by atoms with Crippen LogP contribution in [-0.2, 0) is 0 Å². The first-order valence-corrected chi connectivity index (χ1v) is 5.00. The molecule has 3 heteroatoms. The molecule has 2 fully saturated rings. The second kappa shape index (κ2) is 3.73. The summed E-state index contributed by atoms with van der Waals surface area (Å²) in [6.45, 7) is 4.80. The molecule has 0 saturated carbocycles. The molecule has 0 aromatic heterocycles. The van der Waals surface area contributed by atoms with Gasteiger partial charge in [-0.1, -0.05) is 0 Å². The van der Waals surface area contributed by atoms with E-state index in [-0.39, 0.29) is 0 Å². The summed E-state index contributed by atoms with van der Waals surface area (Å²) in [7, 11) is 2.23. The normalized spacial score (nSPS) is 32.2. The lowest BCUT2D eigenvalue weighted by atomic mass is 10.1. The molecule has 1 unspecified atom stereocenters. The summed E-state index contributed by atoms with van der Waals surface area (Å²) in [6, 6.07) is 1.55. The summed E-state index contributed by atoms with van der Waals surface area (Å²) in [5, 5.41) is 6.86. The van der Waals surface area contributed by atoms with E-state index in [0.717, 1.165) is 25.2 Å². The number of hydrogen-bond acceptors (Lipinski definition) is 3. The smallest absolute Gasteiger partial charge is 0.0318 e. The molecule has 2 N–H and O–H groups in total. The molecule has 2 rings (SSSR count). The SMILES string of the molecule is CN1CCCC1CNC1CNC1. The van der Waals surface area contributed by atoms with E-state index in [1.54, 1.807) is 0 Å². The molecule has 1 atom stereocenters. The summed E-state index contributed by atoms with van der Waals surface area (Å²) in [4.78, 5) is 2.47. The van der Waals surface area contributed by atoms with Gasteiger partial charge in [-0.05, 0) is 26.4 Å². The van der Waals surface area contributed by atoms with Crippen molar-refractivity contribution >= 4 is 0 Å². The molecule has 0 spiro atoms. The quantitative estimate of drug-likeness (QED) is 0.604. The molecule has 0 aromatic carbocycles. The van der Waals surface area contributed by atoms with Crippen LogP contribution >= 0.6 is 0 Å². The van der Waals surface area contributed by atoms with Crippen LogP contribution in [0.3, 0.4) is 0 Å². The Labute approximate surface area is 74.5 Å². The van der Waals surface area contributed by atoms with Gasteiger partial charge in [0.1, 0.15) is 0 Å². The number of nitrogens with zero attached hydrogens (tertiary/aromatic N) is 1. The first-order valence-electron chi connectivity index (χ1n) is 5.00. The molecular weight excluding hydrogens is 150 g/mol. The zero-order chi connectivity index (χ0) is 8.39. The predicted molar refractivity (Wildman–Crippen MR) is 50.3 cm³/mol. The van der Waals surface area contributed by atoms with Crippen LogP contribution in [0.15, 0.2) is 0 Å². The van der Waals surface area contributed by atoms with Gasteiger partial charge < -0.3 is 15.5 Å². The van der Waals surface area contributed by atoms with E-state index >= 15 is 0 Å². The maximum atomic E-state index is 3.59. The van der Waals surface area contributed by atoms with Gasteiger partial charge in [0.15, 0.2) is 0 Å². The molecule has 0 radical (unpaired) electrons. The Kier molecular flexibility index (Phi) is 2.63. The Bertz CT molecular complexity index is 145. The van der Waals surface area contributed by atoms with E-state index in [1.165, 1.54) is 25.9 Å². The number of likely N-dealkylation sites (N-methyl/N-ethyl adjacent to an activating group) is 1. The topological polar surface area (TPSA) is 27.3 Å². The summed E-state index contributed by atoms with van der Waals surface area (Å²) in [5.74, 6) is 0. The minimum Gasteiger partial charge on any atom is -0.314 e. The summed E-state index contributed by atoms with van der Waals surface area (Å²) in [5.41, 5.74) is 0. The highest BCUT2D eigenvalue weighted by Crippen LogP contribution is 2.13. The Morgan fingerprint density at radius 2 is 2.33 bits per heavy atom. The van der Waals surface area contributed by atoms with E-state index in [9.17, 15) is 0 Å². The Hall–Kier alpha value is -0.120. The second-order valence-corrected chi connectivity index (χ2v) is 4.04. The van der Waals surface area contributed by atoms with Gasteiger partial charge in [-0.2, -0.15) is 0 Å². The molecule has 12 heavy (non-hydrogen) atoms. The summed E-state index contributed by atoms with van der Waals surface area (Å²) in [6.07, 6.45) is 2.76. The third-order valence-corrected chi connectivity index (χ3v) is 3.10. The van der Waals surface area contributed by atoms with Crippen molar-refractivity contribution < 1.29 is 0 Å². The van der Waals surface area contributed by atoms with Gasteiger partial charge in [0, 0.05) is 31.7 Å². The number of hydrogen-bond donors (Lipinski definition) is 2.